The van der Waals surface area contributed by atoms with Gasteiger partial charge in [-0.25, -0.2) is 0 Å². The number of fused-ring (bicyclic) bond motifs is 1. The first-order chi connectivity index (χ1) is 17.0. The molecule has 2 radical (unpaired) electrons. The van der Waals surface area contributed by atoms with E-state index in [4.69, 9.17) is 0 Å². The first-order valence-electron chi connectivity index (χ1n) is 13.4. The Kier molecular flexibility index (Phi) is 85.7. The smallest absolute Gasteiger partial charge is 0 e. The number of rotatable bonds is 0. The Morgan fingerprint density at radius 2 is 0.333 bits per heavy atom. The van der Waals surface area contributed by atoms with E-state index in [2.05, 4.69) is 48.5 Å². The molecular weight excluding hydrogens is 586 g/mol. The first kappa shape index (κ1) is 51.9. The van der Waals surface area contributed by atoms with Crippen molar-refractivity contribution in [2.24, 2.45) is 0 Å². The number of hydrogen-bond acceptors (Lipinski definition) is 0. The maximum atomic E-state index is 2.12. The van der Waals surface area contributed by atoms with Crippen LogP contribution in [0.25, 0.3) is 10.8 Å². The molecule has 0 nitrogen and oxygen atoms in total. The standard InChI is InChI=1S/C10H8.2C6H6.6C2H6.2Y/c1-2-6-10-8-4-3-7-9(10)5-1;2*1-2-4-6-5-3-1;6*1-2;;/h1-8H;2*1-6H;6*1-2H3;;. The summed E-state index contributed by atoms with van der Waals surface area (Å²) in [5.74, 6) is 0. The molecule has 0 saturated heterocycles. The van der Waals surface area contributed by atoms with Gasteiger partial charge in [0.25, 0.3) is 0 Å². The normalized spacial score (nSPS) is 6.44. The molecule has 4 aromatic rings. The van der Waals surface area contributed by atoms with Crippen LogP contribution in [0.5, 0.6) is 0 Å². The number of hydrogen-bond donors (Lipinski definition) is 0. The fourth-order valence-electron chi connectivity index (χ4n) is 1.90. The molecular formula is C34H56Y2. The van der Waals surface area contributed by atoms with Crippen LogP contribution in [0.4, 0.5) is 0 Å². The van der Waals surface area contributed by atoms with Crippen LogP contribution in [0.2, 0.25) is 0 Å². The van der Waals surface area contributed by atoms with Crippen LogP contribution in [-0.4, -0.2) is 0 Å². The molecule has 0 atom stereocenters. The summed E-state index contributed by atoms with van der Waals surface area (Å²) in [5.41, 5.74) is 0. The fourth-order valence-corrected chi connectivity index (χ4v) is 1.90. The van der Waals surface area contributed by atoms with E-state index in [0.717, 1.165) is 0 Å². The van der Waals surface area contributed by atoms with E-state index in [9.17, 15) is 0 Å². The van der Waals surface area contributed by atoms with Crippen molar-refractivity contribution in [1.29, 1.82) is 0 Å². The quantitative estimate of drug-likeness (QED) is 0.179. The van der Waals surface area contributed by atoms with Gasteiger partial charge in [-0.3, -0.25) is 0 Å². The van der Waals surface area contributed by atoms with Gasteiger partial charge in [0.1, 0.15) is 0 Å². The summed E-state index contributed by atoms with van der Waals surface area (Å²) in [7, 11) is 0. The molecule has 0 aromatic heterocycles. The Hall–Kier alpha value is -0.652. The van der Waals surface area contributed by atoms with Crippen LogP contribution in [0.1, 0.15) is 83.1 Å². The van der Waals surface area contributed by atoms with Gasteiger partial charge in [0.15, 0.2) is 0 Å². The molecule has 0 aliphatic heterocycles. The van der Waals surface area contributed by atoms with Crippen molar-refractivity contribution in [2.75, 3.05) is 0 Å². The molecule has 36 heavy (non-hydrogen) atoms. The average molecular weight is 643 g/mol. The largest absolute Gasteiger partial charge is 0.0683 e. The molecule has 2 heteroatoms. The average Bonchev–Trinajstić information content (AvgIpc) is 3.02. The topological polar surface area (TPSA) is 0 Å². The molecule has 0 fully saturated rings. The summed E-state index contributed by atoms with van der Waals surface area (Å²) in [4.78, 5) is 0. The van der Waals surface area contributed by atoms with Gasteiger partial charge < -0.3 is 0 Å². The molecule has 4 rings (SSSR count). The van der Waals surface area contributed by atoms with Crippen LogP contribution in [-0.2, 0) is 65.4 Å². The summed E-state index contributed by atoms with van der Waals surface area (Å²) in [6.45, 7) is 24.0. The second-order valence-electron chi connectivity index (χ2n) is 4.66. The SMILES string of the molecule is CC.CC.CC.CC.CC.CC.[Y].[Y].c1ccc2ccccc2c1.c1ccccc1.c1ccccc1. The summed E-state index contributed by atoms with van der Waals surface area (Å²) in [5, 5.41) is 2.62. The third-order valence-electron chi connectivity index (χ3n) is 2.99. The van der Waals surface area contributed by atoms with E-state index in [1.807, 2.05) is 156 Å². The van der Waals surface area contributed by atoms with Gasteiger partial charge in [0, 0.05) is 65.4 Å². The molecule has 0 aliphatic rings. The third kappa shape index (κ3) is 40.5. The molecule has 0 aliphatic carbocycles. The Morgan fingerprint density at radius 3 is 0.444 bits per heavy atom. The van der Waals surface area contributed by atoms with Crippen molar-refractivity contribution < 1.29 is 65.4 Å². The Labute approximate surface area is 277 Å². The van der Waals surface area contributed by atoms with E-state index in [1.165, 1.54) is 10.8 Å². The van der Waals surface area contributed by atoms with E-state index in [-0.39, 0.29) is 65.4 Å². The number of benzene rings is 4. The van der Waals surface area contributed by atoms with Gasteiger partial charge >= 0.3 is 0 Å². The minimum atomic E-state index is 0. The summed E-state index contributed by atoms with van der Waals surface area (Å²) >= 11 is 0. The molecule has 0 spiro atoms. The molecule has 0 saturated carbocycles. The van der Waals surface area contributed by atoms with Crippen molar-refractivity contribution in [2.45, 2.75) is 83.1 Å². The zero-order valence-corrected chi connectivity index (χ0v) is 31.4. The molecule has 0 amide bonds. The summed E-state index contributed by atoms with van der Waals surface area (Å²) < 4.78 is 0. The summed E-state index contributed by atoms with van der Waals surface area (Å²) in [6, 6.07) is 40.7. The van der Waals surface area contributed by atoms with E-state index >= 15 is 0 Å². The Balaban J connectivity index is -0.0000000580. The molecule has 4 aromatic carbocycles. The van der Waals surface area contributed by atoms with Gasteiger partial charge in [-0.1, -0.05) is 204 Å². The first-order valence-corrected chi connectivity index (χ1v) is 13.4. The minimum absolute atomic E-state index is 0. The van der Waals surface area contributed by atoms with Crippen LogP contribution >= 0.6 is 0 Å². The van der Waals surface area contributed by atoms with Crippen molar-refractivity contribution >= 4 is 10.8 Å². The fraction of sp³-hybridized carbons (Fsp3) is 0.353. The predicted molar refractivity (Wildman–Crippen MR) is 165 cm³/mol. The minimum Gasteiger partial charge on any atom is -0.0683 e. The van der Waals surface area contributed by atoms with Crippen molar-refractivity contribution in [3.8, 4) is 0 Å². The van der Waals surface area contributed by atoms with Gasteiger partial charge in [-0.15, -0.1) is 0 Å². The van der Waals surface area contributed by atoms with Crippen molar-refractivity contribution in [3.63, 3.8) is 0 Å². The van der Waals surface area contributed by atoms with E-state index < -0.39 is 0 Å². The predicted octanol–water partition coefficient (Wildman–Crippen LogP) is 12.4. The van der Waals surface area contributed by atoms with Gasteiger partial charge in [0.05, 0.1) is 0 Å². The summed E-state index contributed by atoms with van der Waals surface area (Å²) in [6.07, 6.45) is 0. The van der Waals surface area contributed by atoms with E-state index in [0.29, 0.717) is 0 Å². The van der Waals surface area contributed by atoms with Crippen LogP contribution < -0.4 is 0 Å². The Bertz CT molecular complexity index is 591. The molecule has 198 valence electrons. The van der Waals surface area contributed by atoms with Crippen LogP contribution in [0.15, 0.2) is 121 Å². The molecule has 0 bridgehead atoms. The maximum Gasteiger partial charge on any atom is 0 e. The molecule has 0 unspecified atom stereocenters. The van der Waals surface area contributed by atoms with Crippen LogP contribution in [0, 0.1) is 0 Å². The third-order valence-corrected chi connectivity index (χ3v) is 2.99. The maximum absolute atomic E-state index is 2.12. The second-order valence-corrected chi connectivity index (χ2v) is 4.66. The van der Waals surface area contributed by atoms with Crippen molar-refractivity contribution in [3.05, 3.63) is 121 Å². The van der Waals surface area contributed by atoms with Gasteiger partial charge in [0.2, 0.25) is 0 Å². The zero-order chi connectivity index (χ0) is 27.3. The van der Waals surface area contributed by atoms with E-state index in [1.54, 1.807) is 0 Å². The van der Waals surface area contributed by atoms with Gasteiger partial charge in [-0.05, 0) is 10.8 Å². The molecule has 0 N–H and O–H groups in total. The zero-order valence-electron chi connectivity index (χ0n) is 25.7. The monoisotopic (exact) mass is 642 g/mol. The Morgan fingerprint density at radius 1 is 0.222 bits per heavy atom. The second kappa shape index (κ2) is 59.5. The van der Waals surface area contributed by atoms with Gasteiger partial charge in [-0.2, -0.15) is 0 Å². The van der Waals surface area contributed by atoms with Crippen LogP contribution in [0.3, 0.4) is 0 Å². The van der Waals surface area contributed by atoms with Crippen molar-refractivity contribution in [1.82, 2.24) is 0 Å². The molecule has 0 heterocycles.